The number of hydrogen-bond acceptors (Lipinski definition) is 2. The fraction of sp³-hybridized carbons (Fsp3) is 0. The molecule has 0 atom stereocenters. The van der Waals surface area contributed by atoms with Crippen molar-refractivity contribution in [2.75, 3.05) is 0 Å². The van der Waals surface area contributed by atoms with E-state index in [-0.39, 0.29) is 6.41 Å². The summed E-state index contributed by atoms with van der Waals surface area (Å²) < 4.78 is 0. The summed E-state index contributed by atoms with van der Waals surface area (Å²) in [5.74, 6) is -1.12. The van der Waals surface area contributed by atoms with Gasteiger partial charge < -0.3 is 5.11 Å². The van der Waals surface area contributed by atoms with E-state index < -0.39 is 5.97 Å². The van der Waals surface area contributed by atoms with Crippen molar-refractivity contribution in [3.05, 3.63) is 12.3 Å². The third-order valence-electron chi connectivity index (χ3n) is 0.364. The SMILES string of the molecule is O=C[N]C=CC(=O)O. The minimum Gasteiger partial charge on any atom is -0.478 e. The highest BCUT2D eigenvalue weighted by Crippen LogP contribution is 1.65. The Labute approximate surface area is 45.8 Å². The van der Waals surface area contributed by atoms with E-state index >= 15 is 0 Å². The molecule has 1 N–H and O–H groups in total. The third kappa shape index (κ3) is 4.68. The summed E-state index contributed by atoms with van der Waals surface area (Å²) in [5, 5.41) is 10.8. The Morgan fingerprint density at radius 1 is 1.62 bits per heavy atom. The van der Waals surface area contributed by atoms with Crippen molar-refractivity contribution >= 4 is 12.4 Å². The van der Waals surface area contributed by atoms with Crippen molar-refractivity contribution in [3.8, 4) is 0 Å². The zero-order valence-electron chi connectivity index (χ0n) is 3.94. The zero-order valence-corrected chi connectivity index (χ0v) is 3.94. The molecule has 1 amide bonds. The molecule has 0 fully saturated rings. The predicted octanol–water partition coefficient (Wildman–Crippen LogP) is -0.654. The molecule has 0 rings (SSSR count). The molecule has 0 aromatic rings. The topological polar surface area (TPSA) is 68.5 Å². The second-order valence-corrected chi connectivity index (χ2v) is 0.908. The van der Waals surface area contributed by atoms with Crippen molar-refractivity contribution in [2.45, 2.75) is 0 Å². The summed E-state index contributed by atoms with van der Waals surface area (Å²) in [6.07, 6.45) is 1.95. The number of carboxylic acid groups (broad SMARTS) is 1. The van der Waals surface area contributed by atoms with Crippen LogP contribution in [0.2, 0.25) is 0 Å². The van der Waals surface area contributed by atoms with Crippen LogP contribution in [0.4, 0.5) is 0 Å². The van der Waals surface area contributed by atoms with Crippen LogP contribution in [-0.4, -0.2) is 17.5 Å². The van der Waals surface area contributed by atoms with Gasteiger partial charge in [-0.25, -0.2) is 10.1 Å². The Morgan fingerprint density at radius 3 is 2.62 bits per heavy atom. The van der Waals surface area contributed by atoms with Crippen molar-refractivity contribution in [3.63, 3.8) is 0 Å². The number of carbonyl (C=O) groups excluding carboxylic acids is 1. The Bertz CT molecular complexity index is 118. The molecule has 0 aliphatic carbocycles. The lowest BCUT2D eigenvalue weighted by Crippen LogP contribution is -1.92. The Kier molecular flexibility index (Phi) is 3.22. The van der Waals surface area contributed by atoms with E-state index in [4.69, 9.17) is 5.11 Å². The van der Waals surface area contributed by atoms with E-state index in [9.17, 15) is 9.59 Å². The first-order chi connectivity index (χ1) is 3.77. The third-order valence-corrected chi connectivity index (χ3v) is 0.364. The van der Waals surface area contributed by atoms with Crippen LogP contribution >= 0.6 is 0 Å². The lowest BCUT2D eigenvalue weighted by Gasteiger charge is -1.74. The van der Waals surface area contributed by atoms with Gasteiger partial charge in [0.2, 0.25) is 6.41 Å². The van der Waals surface area contributed by atoms with Crippen LogP contribution in [0.1, 0.15) is 0 Å². The number of carbonyl (C=O) groups is 2. The van der Waals surface area contributed by atoms with Gasteiger partial charge in [0.1, 0.15) is 0 Å². The van der Waals surface area contributed by atoms with Gasteiger partial charge >= 0.3 is 5.97 Å². The number of nitrogens with zero attached hydrogens (tertiary/aromatic N) is 1. The molecule has 0 saturated carbocycles. The maximum Gasteiger partial charge on any atom is 0.329 e. The van der Waals surface area contributed by atoms with Crippen molar-refractivity contribution in [1.82, 2.24) is 5.32 Å². The number of carboxylic acids is 1. The Balaban J connectivity index is 3.34. The molecule has 0 aromatic carbocycles. The van der Waals surface area contributed by atoms with Gasteiger partial charge in [0.25, 0.3) is 0 Å². The van der Waals surface area contributed by atoms with E-state index in [0.717, 1.165) is 12.3 Å². The maximum atomic E-state index is 9.61. The highest BCUT2D eigenvalue weighted by molar-refractivity contribution is 5.79. The lowest BCUT2D eigenvalue weighted by molar-refractivity contribution is -0.131. The normalized spacial score (nSPS) is 9.00. The maximum absolute atomic E-state index is 9.61. The number of amides is 1. The summed E-state index contributed by atoms with van der Waals surface area (Å²) in [7, 11) is 0. The van der Waals surface area contributed by atoms with Gasteiger partial charge in [0, 0.05) is 12.3 Å². The first kappa shape index (κ1) is 6.68. The Morgan fingerprint density at radius 2 is 2.25 bits per heavy atom. The summed E-state index contributed by atoms with van der Waals surface area (Å²) in [6.45, 7) is 0. The van der Waals surface area contributed by atoms with E-state index in [1.54, 1.807) is 0 Å². The van der Waals surface area contributed by atoms with Crippen molar-refractivity contribution in [1.29, 1.82) is 0 Å². The number of rotatable bonds is 3. The van der Waals surface area contributed by atoms with Crippen LogP contribution in [0, 0.1) is 0 Å². The monoisotopic (exact) mass is 114 g/mol. The van der Waals surface area contributed by atoms with Gasteiger partial charge in [0.05, 0.1) is 0 Å². The largest absolute Gasteiger partial charge is 0.478 e. The van der Waals surface area contributed by atoms with E-state index in [1.807, 2.05) is 0 Å². The van der Waals surface area contributed by atoms with Crippen molar-refractivity contribution in [2.24, 2.45) is 0 Å². The highest BCUT2D eigenvalue weighted by atomic mass is 16.4. The van der Waals surface area contributed by atoms with E-state index in [2.05, 4.69) is 5.32 Å². The fourth-order valence-corrected chi connectivity index (χ4v) is 0.142. The molecule has 43 valence electrons. The summed E-state index contributed by atoms with van der Waals surface area (Å²) in [6, 6.07) is 0. The average molecular weight is 114 g/mol. The molecule has 0 saturated heterocycles. The van der Waals surface area contributed by atoms with E-state index in [1.165, 1.54) is 0 Å². The highest BCUT2D eigenvalue weighted by Gasteiger charge is 1.81. The molecule has 0 bridgehead atoms. The van der Waals surface area contributed by atoms with Gasteiger partial charge in [-0.05, 0) is 0 Å². The molecule has 0 heterocycles. The number of hydrogen-bond donors (Lipinski definition) is 1. The first-order valence-electron chi connectivity index (χ1n) is 1.80. The fourth-order valence-electron chi connectivity index (χ4n) is 0.142. The summed E-state index contributed by atoms with van der Waals surface area (Å²) in [5.41, 5.74) is 0. The number of aliphatic carboxylic acids is 1. The van der Waals surface area contributed by atoms with Gasteiger partial charge in [0.15, 0.2) is 0 Å². The standard InChI is InChI=1S/C4H4NO3/c6-3-5-2-1-4(7)8/h1-3H,(H,7,8). The molecule has 0 aliphatic heterocycles. The van der Waals surface area contributed by atoms with Gasteiger partial charge in [-0.2, -0.15) is 0 Å². The second-order valence-electron chi connectivity index (χ2n) is 0.908. The molecule has 0 aliphatic rings. The molecule has 0 spiro atoms. The summed E-state index contributed by atoms with van der Waals surface area (Å²) in [4.78, 5) is 19.0. The van der Waals surface area contributed by atoms with Crippen LogP contribution in [0.3, 0.4) is 0 Å². The molecular formula is C4H4NO3. The van der Waals surface area contributed by atoms with Crippen molar-refractivity contribution < 1.29 is 14.7 Å². The first-order valence-corrected chi connectivity index (χ1v) is 1.80. The quantitative estimate of drug-likeness (QED) is 0.391. The molecule has 4 nitrogen and oxygen atoms in total. The second kappa shape index (κ2) is 3.86. The molecule has 8 heavy (non-hydrogen) atoms. The van der Waals surface area contributed by atoms with Crippen LogP contribution in [0.15, 0.2) is 12.3 Å². The van der Waals surface area contributed by atoms with Crippen LogP contribution in [0.5, 0.6) is 0 Å². The molecule has 1 radical (unpaired) electrons. The average Bonchev–Trinajstić information content (AvgIpc) is 1.66. The Hall–Kier alpha value is -1.32. The van der Waals surface area contributed by atoms with Crippen LogP contribution < -0.4 is 5.32 Å². The minimum absolute atomic E-state index is 0.263. The van der Waals surface area contributed by atoms with Gasteiger partial charge in [-0.15, -0.1) is 0 Å². The van der Waals surface area contributed by atoms with Gasteiger partial charge in [-0.3, -0.25) is 4.79 Å². The van der Waals surface area contributed by atoms with E-state index in [0.29, 0.717) is 0 Å². The van der Waals surface area contributed by atoms with Gasteiger partial charge in [-0.1, -0.05) is 0 Å². The summed E-state index contributed by atoms with van der Waals surface area (Å²) >= 11 is 0. The minimum atomic E-state index is -1.12. The molecule has 0 aromatic heterocycles. The van der Waals surface area contributed by atoms with Crippen LogP contribution in [0.25, 0.3) is 0 Å². The molecular weight excluding hydrogens is 110 g/mol. The molecule has 0 unspecified atom stereocenters. The van der Waals surface area contributed by atoms with Crippen LogP contribution in [-0.2, 0) is 9.59 Å². The molecule has 4 heteroatoms. The smallest absolute Gasteiger partial charge is 0.329 e. The predicted molar refractivity (Wildman–Crippen MR) is 25.0 cm³/mol. The zero-order chi connectivity index (χ0) is 6.41. The lowest BCUT2D eigenvalue weighted by atomic mass is 10.6.